The number of aliphatic hydroxyl groups is 1. The summed E-state index contributed by atoms with van der Waals surface area (Å²) in [6.07, 6.45) is 1.24. The third-order valence-corrected chi connectivity index (χ3v) is 3.14. The highest BCUT2D eigenvalue weighted by Gasteiger charge is 2.10. The van der Waals surface area contributed by atoms with E-state index < -0.39 is 0 Å². The van der Waals surface area contributed by atoms with E-state index in [4.69, 9.17) is 5.26 Å². The number of rotatable bonds is 3. The lowest BCUT2D eigenvalue weighted by Crippen LogP contribution is -2.14. The number of aliphatic hydroxyl groups excluding tert-OH is 1. The molecule has 0 saturated carbocycles. The lowest BCUT2D eigenvalue weighted by molar-refractivity contribution is 0.196. The smallest absolute Gasteiger partial charge is 0.141 e. The molecular weight excluding hydrogens is 196 g/mol. The summed E-state index contributed by atoms with van der Waals surface area (Å²) in [5.41, 5.74) is 0.410. The molecule has 0 aliphatic rings. The van der Waals surface area contributed by atoms with Crippen molar-refractivity contribution >= 4 is 11.8 Å². The number of hydrogen-bond acceptors (Lipinski definition) is 4. The summed E-state index contributed by atoms with van der Waals surface area (Å²) in [6.45, 7) is 3.70. The zero-order valence-electron chi connectivity index (χ0n) is 8.14. The first kappa shape index (κ1) is 11.0. The summed E-state index contributed by atoms with van der Waals surface area (Å²) in [5, 5.41) is 18.1. The third kappa shape index (κ3) is 3.02. The van der Waals surface area contributed by atoms with Crippen LogP contribution in [0.4, 0.5) is 0 Å². The van der Waals surface area contributed by atoms with E-state index in [1.165, 1.54) is 0 Å². The molecule has 4 heteroatoms. The number of aromatic nitrogens is 1. The molecule has 1 aromatic heterocycles. The summed E-state index contributed by atoms with van der Waals surface area (Å²) >= 11 is 1.54. The molecule has 2 atom stereocenters. The molecule has 2 unspecified atom stereocenters. The number of thioether (sulfide) groups is 1. The molecule has 14 heavy (non-hydrogen) atoms. The zero-order chi connectivity index (χ0) is 10.6. The minimum Gasteiger partial charge on any atom is -0.392 e. The molecule has 0 fully saturated rings. The maximum Gasteiger partial charge on any atom is 0.141 e. The fourth-order valence-corrected chi connectivity index (χ4v) is 1.80. The van der Waals surface area contributed by atoms with Gasteiger partial charge in [-0.15, -0.1) is 11.8 Å². The molecule has 0 aliphatic heterocycles. The maximum absolute atomic E-state index is 9.31. The van der Waals surface area contributed by atoms with Crippen LogP contribution < -0.4 is 0 Å². The van der Waals surface area contributed by atoms with Gasteiger partial charge in [-0.2, -0.15) is 5.26 Å². The van der Waals surface area contributed by atoms with Gasteiger partial charge in [0.1, 0.15) is 11.8 Å². The van der Waals surface area contributed by atoms with Gasteiger partial charge in [0, 0.05) is 16.3 Å². The van der Waals surface area contributed by atoms with Gasteiger partial charge in [0.25, 0.3) is 0 Å². The summed E-state index contributed by atoms with van der Waals surface area (Å²) in [7, 11) is 0. The Kier molecular flexibility index (Phi) is 3.93. The standard InChI is InChI=1S/C10H12N2OS/c1-7(13)8(2)14-10-3-4-12-9(5-10)6-11/h3-5,7-8,13H,1-2H3. The lowest BCUT2D eigenvalue weighted by atomic mass is 10.3. The Balaban J connectivity index is 2.73. The average molecular weight is 208 g/mol. The molecule has 0 bridgehead atoms. The van der Waals surface area contributed by atoms with Crippen LogP contribution in [0.3, 0.4) is 0 Å². The monoisotopic (exact) mass is 208 g/mol. The van der Waals surface area contributed by atoms with Crippen molar-refractivity contribution in [2.75, 3.05) is 0 Å². The van der Waals surface area contributed by atoms with E-state index in [0.717, 1.165) is 4.90 Å². The SMILES string of the molecule is CC(O)C(C)Sc1ccnc(C#N)c1. The molecule has 1 rings (SSSR count). The van der Waals surface area contributed by atoms with Gasteiger partial charge in [0.15, 0.2) is 0 Å². The van der Waals surface area contributed by atoms with Crippen molar-refractivity contribution in [3.8, 4) is 6.07 Å². The Morgan fingerprint density at radius 1 is 1.57 bits per heavy atom. The predicted octanol–water partition coefficient (Wildman–Crippen LogP) is 1.81. The van der Waals surface area contributed by atoms with Crippen LogP contribution in [0.5, 0.6) is 0 Å². The molecular formula is C10H12N2OS. The molecule has 74 valence electrons. The molecule has 1 heterocycles. The van der Waals surface area contributed by atoms with Gasteiger partial charge in [-0.25, -0.2) is 4.98 Å². The minimum atomic E-state index is -0.362. The second-order valence-corrected chi connectivity index (χ2v) is 4.50. The van der Waals surface area contributed by atoms with E-state index in [2.05, 4.69) is 4.98 Å². The molecule has 0 radical (unpaired) electrons. The van der Waals surface area contributed by atoms with Crippen molar-refractivity contribution in [2.45, 2.75) is 30.1 Å². The molecule has 0 aromatic carbocycles. The Morgan fingerprint density at radius 3 is 2.86 bits per heavy atom. The van der Waals surface area contributed by atoms with E-state index in [0.29, 0.717) is 5.69 Å². The van der Waals surface area contributed by atoms with Crippen LogP contribution >= 0.6 is 11.8 Å². The molecule has 3 nitrogen and oxygen atoms in total. The lowest BCUT2D eigenvalue weighted by Gasteiger charge is -2.13. The van der Waals surface area contributed by atoms with Gasteiger partial charge in [-0.3, -0.25) is 0 Å². The van der Waals surface area contributed by atoms with Gasteiger partial charge in [0.05, 0.1) is 6.10 Å². The van der Waals surface area contributed by atoms with Gasteiger partial charge >= 0.3 is 0 Å². The largest absolute Gasteiger partial charge is 0.392 e. The molecule has 0 amide bonds. The summed E-state index contributed by atoms with van der Waals surface area (Å²) in [5.74, 6) is 0. The van der Waals surface area contributed by atoms with Crippen molar-refractivity contribution < 1.29 is 5.11 Å². The van der Waals surface area contributed by atoms with Crippen LogP contribution in [0.15, 0.2) is 23.2 Å². The summed E-state index contributed by atoms with van der Waals surface area (Å²) in [6, 6.07) is 5.55. The van der Waals surface area contributed by atoms with Crippen LogP contribution in [0.2, 0.25) is 0 Å². The first-order valence-corrected chi connectivity index (χ1v) is 5.22. The maximum atomic E-state index is 9.31. The second kappa shape index (κ2) is 4.99. The highest BCUT2D eigenvalue weighted by molar-refractivity contribution is 8.00. The Morgan fingerprint density at radius 2 is 2.29 bits per heavy atom. The fraction of sp³-hybridized carbons (Fsp3) is 0.400. The molecule has 1 N–H and O–H groups in total. The van der Waals surface area contributed by atoms with Crippen molar-refractivity contribution in [3.63, 3.8) is 0 Å². The molecule has 0 spiro atoms. The van der Waals surface area contributed by atoms with Crippen molar-refractivity contribution in [1.29, 1.82) is 5.26 Å². The van der Waals surface area contributed by atoms with E-state index in [1.54, 1.807) is 30.9 Å². The van der Waals surface area contributed by atoms with Gasteiger partial charge in [-0.05, 0) is 19.1 Å². The average Bonchev–Trinajstić information content (AvgIpc) is 2.18. The second-order valence-electron chi connectivity index (χ2n) is 3.05. The predicted molar refractivity (Wildman–Crippen MR) is 56.0 cm³/mol. The van der Waals surface area contributed by atoms with Crippen molar-refractivity contribution in [1.82, 2.24) is 4.98 Å². The van der Waals surface area contributed by atoms with Gasteiger partial charge in [0.2, 0.25) is 0 Å². The van der Waals surface area contributed by atoms with Crippen molar-refractivity contribution in [3.05, 3.63) is 24.0 Å². The number of nitriles is 1. The summed E-state index contributed by atoms with van der Waals surface area (Å²) < 4.78 is 0. The Labute approximate surface area is 87.8 Å². The first-order valence-electron chi connectivity index (χ1n) is 4.34. The van der Waals surface area contributed by atoms with Crippen LogP contribution in [-0.2, 0) is 0 Å². The Hall–Kier alpha value is -1.05. The topological polar surface area (TPSA) is 56.9 Å². The highest BCUT2D eigenvalue weighted by atomic mass is 32.2. The van der Waals surface area contributed by atoms with Crippen LogP contribution in [0.25, 0.3) is 0 Å². The van der Waals surface area contributed by atoms with Crippen LogP contribution in [0.1, 0.15) is 19.5 Å². The van der Waals surface area contributed by atoms with E-state index >= 15 is 0 Å². The molecule has 1 aromatic rings. The Bertz CT molecular complexity index is 346. The fourth-order valence-electron chi connectivity index (χ4n) is 0.859. The van der Waals surface area contributed by atoms with E-state index in [1.807, 2.05) is 19.1 Å². The van der Waals surface area contributed by atoms with E-state index in [9.17, 15) is 5.11 Å². The van der Waals surface area contributed by atoms with E-state index in [-0.39, 0.29) is 11.4 Å². The highest BCUT2D eigenvalue weighted by Crippen LogP contribution is 2.24. The van der Waals surface area contributed by atoms with Crippen molar-refractivity contribution in [2.24, 2.45) is 0 Å². The zero-order valence-corrected chi connectivity index (χ0v) is 8.95. The van der Waals surface area contributed by atoms with Gasteiger partial charge < -0.3 is 5.11 Å². The molecule has 0 saturated heterocycles. The first-order chi connectivity index (χ1) is 6.63. The third-order valence-electron chi connectivity index (χ3n) is 1.85. The normalized spacial score (nSPS) is 14.4. The molecule has 0 aliphatic carbocycles. The minimum absolute atomic E-state index is 0.115. The number of nitrogens with zero attached hydrogens (tertiary/aromatic N) is 2. The number of pyridine rings is 1. The summed E-state index contributed by atoms with van der Waals surface area (Å²) in [4.78, 5) is 4.84. The van der Waals surface area contributed by atoms with Crippen LogP contribution in [-0.4, -0.2) is 21.4 Å². The number of hydrogen-bond donors (Lipinski definition) is 1. The van der Waals surface area contributed by atoms with Gasteiger partial charge in [-0.1, -0.05) is 6.92 Å². The quantitative estimate of drug-likeness (QED) is 0.770. The van der Waals surface area contributed by atoms with Crippen LogP contribution in [0, 0.1) is 11.3 Å².